The number of benzene rings is 2. The van der Waals surface area contributed by atoms with Crippen LogP contribution in [0, 0.1) is 0 Å². The van der Waals surface area contributed by atoms with Gasteiger partial charge in [-0.15, -0.1) is 11.8 Å². The molecule has 1 atom stereocenters. The van der Waals surface area contributed by atoms with Gasteiger partial charge in [-0.2, -0.15) is 0 Å². The molecule has 0 fully saturated rings. The Morgan fingerprint density at radius 1 is 1.04 bits per heavy atom. The Labute approximate surface area is 161 Å². The molecule has 1 N–H and O–H groups in total. The first kappa shape index (κ1) is 18.3. The van der Waals surface area contributed by atoms with Crippen LogP contribution in [0.25, 0.3) is 0 Å². The van der Waals surface area contributed by atoms with Crippen LogP contribution < -0.4 is 10.1 Å². The fourth-order valence-corrected chi connectivity index (χ4v) is 3.33. The summed E-state index contributed by atoms with van der Waals surface area (Å²) in [6.07, 6.45) is 3.34. The second-order valence-corrected chi connectivity index (χ2v) is 7.28. The lowest BCUT2D eigenvalue weighted by atomic mass is 10.3. The Morgan fingerprint density at radius 3 is 2.38 bits per heavy atom. The molecule has 1 unspecified atom stereocenters. The van der Waals surface area contributed by atoms with E-state index in [9.17, 15) is 4.79 Å². The lowest BCUT2D eigenvalue weighted by Crippen LogP contribution is -2.22. The molecule has 26 heavy (non-hydrogen) atoms. The second kappa shape index (κ2) is 8.74. The first-order valence-corrected chi connectivity index (χ1v) is 9.27. The number of hydrogen-bond donors (Lipinski definition) is 1. The van der Waals surface area contributed by atoms with Crippen molar-refractivity contribution in [2.24, 2.45) is 0 Å². The number of anilines is 1. The van der Waals surface area contributed by atoms with Gasteiger partial charge in [-0.05, 0) is 55.5 Å². The Bertz CT molecular complexity index is 872. The van der Waals surface area contributed by atoms with Crippen molar-refractivity contribution in [3.63, 3.8) is 0 Å². The molecular weight excluding hydrogens is 368 g/mol. The quantitative estimate of drug-likeness (QED) is 0.558. The van der Waals surface area contributed by atoms with E-state index in [2.05, 4.69) is 10.3 Å². The van der Waals surface area contributed by atoms with Crippen LogP contribution >= 0.6 is 23.4 Å². The summed E-state index contributed by atoms with van der Waals surface area (Å²) in [5, 5.41) is 3.28. The van der Waals surface area contributed by atoms with E-state index in [1.807, 2.05) is 43.3 Å². The van der Waals surface area contributed by atoms with E-state index in [1.165, 1.54) is 11.8 Å². The summed E-state index contributed by atoms with van der Waals surface area (Å²) >= 11 is 7.57. The maximum atomic E-state index is 12.4. The van der Waals surface area contributed by atoms with Crippen LogP contribution in [0.2, 0.25) is 5.02 Å². The first-order valence-electron chi connectivity index (χ1n) is 8.02. The smallest absolute Gasteiger partial charge is 0.237 e. The Kier molecular flexibility index (Phi) is 6.15. The highest BCUT2D eigenvalue weighted by molar-refractivity contribution is 8.00. The molecule has 1 amide bonds. The highest BCUT2D eigenvalue weighted by Gasteiger charge is 2.16. The Hall–Kier alpha value is -2.50. The van der Waals surface area contributed by atoms with Crippen molar-refractivity contribution in [2.45, 2.75) is 17.1 Å². The minimum atomic E-state index is -0.275. The molecule has 0 bridgehead atoms. The molecule has 2 aromatic carbocycles. The third kappa shape index (κ3) is 5.00. The Balaban J connectivity index is 1.58. The third-order valence-electron chi connectivity index (χ3n) is 3.52. The topological polar surface area (TPSA) is 51.2 Å². The molecule has 0 aliphatic heterocycles. The van der Waals surface area contributed by atoms with Crippen LogP contribution in [0.3, 0.4) is 0 Å². The number of rotatable bonds is 6. The number of hydrogen-bond acceptors (Lipinski definition) is 4. The molecule has 0 aliphatic carbocycles. The van der Waals surface area contributed by atoms with Gasteiger partial charge in [0.05, 0.1) is 10.3 Å². The van der Waals surface area contributed by atoms with Gasteiger partial charge in [-0.1, -0.05) is 23.7 Å². The van der Waals surface area contributed by atoms with Gasteiger partial charge in [0, 0.05) is 23.0 Å². The second-order valence-electron chi connectivity index (χ2n) is 5.49. The number of nitrogens with zero attached hydrogens (tertiary/aromatic N) is 1. The van der Waals surface area contributed by atoms with Gasteiger partial charge < -0.3 is 10.1 Å². The van der Waals surface area contributed by atoms with Crippen molar-refractivity contribution < 1.29 is 9.53 Å². The van der Waals surface area contributed by atoms with Gasteiger partial charge in [-0.3, -0.25) is 9.78 Å². The molecule has 132 valence electrons. The zero-order valence-electron chi connectivity index (χ0n) is 14.1. The van der Waals surface area contributed by atoms with Gasteiger partial charge in [0.1, 0.15) is 11.5 Å². The summed E-state index contributed by atoms with van der Waals surface area (Å²) in [6.45, 7) is 1.85. The number of aromatic nitrogens is 1. The van der Waals surface area contributed by atoms with E-state index < -0.39 is 0 Å². The minimum Gasteiger partial charge on any atom is -0.457 e. The lowest BCUT2D eigenvalue weighted by Gasteiger charge is -2.13. The largest absolute Gasteiger partial charge is 0.457 e. The third-order valence-corrected chi connectivity index (χ3v) is 5.14. The van der Waals surface area contributed by atoms with Crippen molar-refractivity contribution in [2.75, 3.05) is 5.32 Å². The molecule has 3 rings (SSSR count). The van der Waals surface area contributed by atoms with E-state index in [1.54, 1.807) is 36.7 Å². The molecule has 1 heterocycles. The average molecular weight is 385 g/mol. The highest BCUT2D eigenvalue weighted by atomic mass is 35.5. The summed E-state index contributed by atoms with van der Waals surface area (Å²) in [4.78, 5) is 17.2. The van der Waals surface area contributed by atoms with Crippen molar-refractivity contribution >= 4 is 35.0 Å². The molecule has 0 saturated heterocycles. The fraction of sp³-hybridized carbons (Fsp3) is 0.100. The number of halogens is 1. The van der Waals surface area contributed by atoms with Crippen LogP contribution in [0.1, 0.15) is 6.92 Å². The van der Waals surface area contributed by atoms with Crippen LogP contribution in [0.5, 0.6) is 11.5 Å². The molecule has 6 heteroatoms. The predicted octanol–water partition coefficient (Wildman–Crippen LogP) is 5.65. The van der Waals surface area contributed by atoms with Crippen molar-refractivity contribution in [1.82, 2.24) is 4.98 Å². The molecular formula is C20H17ClN2O2S. The molecule has 0 spiro atoms. The standard InChI is InChI=1S/C20H17ClN2O2S/c1-14(26-19-5-3-2-4-18(19)21)20(24)23-15-6-8-16(9-7-15)25-17-10-12-22-13-11-17/h2-14H,1H3,(H,23,24). The predicted molar refractivity (Wildman–Crippen MR) is 106 cm³/mol. The number of amides is 1. The summed E-state index contributed by atoms with van der Waals surface area (Å²) in [5.41, 5.74) is 0.712. The van der Waals surface area contributed by atoms with E-state index in [0.29, 0.717) is 22.2 Å². The van der Waals surface area contributed by atoms with Crippen LogP contribution in [-0.4, -0.2) is 16.1 Å². The van der Waals surface area contributed by atoms with Crippen LogP contribution in [0.4, 0.5) is 5.69 Å². The van der Waals surface area contributed by atoms with Crippen LogP contribution in [-0.2, 0) is 4.79 Å². The fourth-order valence-electron chi connectivity index (χ4n) is 2.18. The number of thioether (sulfide) groups is 1. The van der Waals surface area contributed by atoms with E-state index in [0.717, 1.165) is 4.90 Å². The number of nitrogens with one attached hydrogen (secondary N) is 1. The van der Waals surface area contributed by atoms with Crippen molar-refractivity contribution in [3.05, 3.63) is 78.1 Å². The number of carbonyl (C=O) groups is 1. The summed E-state index contributed by atoms with van der Waals surface area (Å²) in [7, 11) is 0. The first-order chi connectivity index (χ1) is 12.6. The van der Waals surface area contributed by atoms with Gasteiger partial charge in [0.15, 0.2) is 0 Å². The normalized spacial score (nSPS) is 11.6. The summed E-state index contributed by atoms with van der Waals surface area (Å²) < 4.78 is 5.71. The summed E-state index contributed by atoms with van der Waals surface area (Å²) in [5.74, 6) is 1.31. The van der Waals surface area contributed by atoms with Gasteiger partial charge in [0.2, 0.25) is 5.91 Å². The Morgan fingerprint density at radius 2 is 1.69 bits per heavy atom. The molecule has 0 aliphatic rings. The van der Waals surface area contributed by atoms with E-state index in [4.69, 9.17) is 16.3 Å². The SMILES string of the molecule is CC(Sc1ccccc1Cl)C(=O)Nc1ccc(Oc2ccncc2)cc1. The molecule has 4 nitrogen and oxygen atoms in total. The number of carbonyl (C=O) groups excluding carboxylic acids is 1. The monoisotopic (exact) mass is 384 g/mol. The molecule has 0 saturated carbocycles. The maximum Gasteiger partial charge on any atom is 0.237 e. The average Bonchev–Trinajstić information content (AvgIpc) is 2.66. The van der Waals surface area contributed by atoms with Crippen molar-refractivity contribution in [1.29, 1.82) is 0 Å². The zero-order valence-corrected chi connectivity index (χ0v) is 15.6. The molecule has 0 radical (unpaired) electrons. The number of ether oxygens (including phenoxy) is 1. The molecule has 3 aromatic rings. The number of pyridine rings is 1. The van der Waals surface area contributed by atoms with Crippen molar-refractivity contribution in [3.8, 4) is 11.5 Å². The van der Waals surface area contributed by atoms with E-state index >= 15 is 0 Å². The zero-order chi connectivity index (χ0) is 18.4. The minimum absolute atomic E-state index is 0.0854. The molecule has 1 aromatic heterocycles. The van der Waals surface area contributed by atoms with E-state index in [-0.39, 0.29) is 11.2 Å². The van der Waals surface area contributed by atoms with Crippen LogP contribution in [0.15, 0.2) is 78.0 Å². The maximum absolute atomic E-state index is 12.4. The van der Waals surface area contributed by atoms with Gasteiger partial charge >= 0.3 is 0 Å². The van der Waals surface area contributed by atoms with Gasteiger partial charge in [-0.25, -0.2) is 0 Å². The van der Waals surface area contributed by atoms with Gasteiger partial charge in [0.25, 0.3) is 0 Å². The lowest BCUT2D eigenvalue weighted by molar-refractivity contribution is -0.115. The summed E-state index contributed by atoms with van der Waals surface area (Å²) in [6, 6.07) is 18.3. The highest BCUT2D eigenvalue weighted by Crippen LogP contribution is 2.30.